The van der Waals surface area contributed by atoms with Gasteiger partial charge in [0.25, 0.3) is 0 Å². The predicted molar refractivity (Wildman–Crippen MR) is 99.3 cm³/mol. The van der Waals surface area contributed by atoms with Gasteiger partial charge in [-0.15, -0.1) is 0 Å². The van der Waals surface area contributed by atoms with Crippen molar-refractivity contribution in [3.05, 3.63) is 42.0 Å². The maximum atomic E-state index is 12.2. The highest BCUT2D eigenvalue weighted by Crippen LogP contribution is 2.22. The number of carbonyl (C=O) groups excluding carboxylic acids is 2. The van der Waals surface area contributed by atoms with Crippen LogP contribution in [0.5, 0.6) is 0 Å². The fourth-order valence-corrected chi connectivity index (χ4v) is 3.11. The third-order valence-electron chi connectivity index (χ3n) is 4.76. The summed E-state index contributed by atoms with van der Waals surface area (Å²) in [6.07, 6.45) is 10.4. The Morgan fingerprint density at radius 1 is 1.16 bits per heavy atom. The molecule has 0 bridgehead atoms. The Morgan fingerprint density at radius 3 is 2.56 bits per heavy atom. The van der Waals surface area contributed by atoms with E-state index < -0.39 is 0 Å². The molecule has 1 fully saturated rings. The Morgan fingerprint density at radius 2 is 1.92 bits per heavy atom. The molecule has 3 rings (SSSR count). The first-order chi connectivity index (χ1) is 12.1. The predicted octanol–water partition coefficient (Wildman–Crippen LogP) is 3.89. The Hall–Kier alpha value is -2.30. The van der Waals surface area contributed by atoms with Crippen molar-refractivity contribution >= 4 is 17.6 Å². The number of allylic oxidation sites excluding steroid dienone is 2. The summed E-state index contributed by atoms with van der Waals surface area (Å²) in [5.41, 5.74) is 1.79. The molecule has 0 aliphatic heterocycles. The van der Waals surface area contributed by atoms with Crippen molar-refractivity contribution in [2.45, 2.75) is 57.5 Å². The first kappa shape index (κ1) is 17.5. The molecule has 0 spiro atoms. The van der Waals surface area contributed by atoms with Crippen molar-refractivity contribution in [2.24, 2.45) is 5.92 Å². The fraction of sp³-hybridized carbons (Fsp3) is 0.500. The maximum Gasteiger partial charge on any atom is 0.319 e. The Bertz CT molecular complexity index is 635. The maximum absolute atomic E-state index is 12.2. The second-order valence-electron chi connectivity index (χ2n) is 7.11. The number of amides is 3. The number of hydrogen-bond donors (Lipinski definition) is 3. The van der Waals surface area contributed by atoms with Gasteiger partial charge in [0.2, 0.25) is 5.91 Å². The zero-order chi connectivity index (χ0) is 17.6. The molecule has 0 aromatic heterocycles. The topological polar surface area (TPSA) is 70.2 Å². The van der Waals surface area contributed by atoms with E-state index in [4.69, 9.17) is 0 Å². The lowest BCUT2D eigenvalue weighted by Gasteiger charge is -2.19. The molecular weight excluding hydrogens is 314 g/mol. The van der Waals surface area contributed by atoms with E-state index >= 15 is 0 Å². The molecule has 5 heteroatoms. The average molecular weight is 341 g/mol. The van der Waals surface area contributed by atoms with Crippen LogP contribution >= 0.6 is 0 Å². The van der Waals surface area contributed by atoms with Gasteiger partial charge in [-0.3, -0.25) is 4.79 Å². The molecule has 25 heavy (non-hydrogen) atoms. The summed E-state index contributed by atoms with van der Waals surface area (Å²) in [5, 5.41) is 8.79. The van der Waals surface area contributed by atoms with Gasteiger partial charge in [-0.25, -0.2) is 4.79 Å². The first-order valence-corrected chi connectivity index (χ1v) is 9.23. The lowest BCUT2D eigenvalue weighted by molar-refractivity contribution is -0.122. The Labute approximate surface area is 149 Å². The quantitative estimate of drug-likeness (QED) is 0.687. The normalized spacial score (nSPS) is 20.6. The van der Waals surface area contributed by atoms with Gasteiger partial charge in [-0.05, 0) is 62.6 Å². The van der Waals surface area contributed by atoms with Crippen LogP contribution in [0.4, 0.5) is 10.5 Å². The molecule has 3 amide bonds. The van der Waals surface area contributed by atoms with Gasteiger partial charge in [-0.2, -0.15) is 0 Å². The monoisotopic (exact) mass is 341 g/mol. The van der Waals surface area contributed by atoms with Gasteiger partial charge in [0, 0.05) is 18.2 Å². The third-order valence-corrected chi connectivity index (χ3v) is 4.76. The molecule has 2 aliphatic rings. The highest BCUT2D eigenvalue weighted by Gasteiger charge is 2.23. The highest BCUT2D eigenvalue weighted by molar-refractivity contribution is 5.89. The van der Waals surface area contributed by atoms with Gasteiger partial charge < -0.3 is 16.0 Å². The van der Waals surface area contributed by atoms with Gasteiger partial charge >= 0.3 is 6.03 Å². The second-order valence-corrected chi connectivity index (χ2v) is 7.11. The van der Waals surface area contributed by atoms with E-state index in [1.54, 1.807) is 0 Å². The van der Waals surface area contributed by atoms with E-state index in [1.165, 1.54) is 6.42 Å². The van der Waals surface area contributed by atoms with Crippen molar-refractivity contribution in [2.75, 3.05) is 5.32 Å². The minimum atomic E-state index is -0.155. The molecule has 2 aliphatic carbocycles. The second kappa shape index (κ2) is 8.19. The number of benzene rings is 1. The van der Waals surface area contributed by atoms with E-state index in [-0.39, 0.29) is 18.0 Å². The van der Waals surface area contributed by atoms with Crippen LogP contribution in [-0.2, 0) is 4.79 Å². The largest absolute Gasteiger partial charge is 0.350 e. The first-order valence-electron chi connectivity index (χ1n) is 9.23. The molecule has 5 nitrogen and oxygen atoms in total. The minimum Gasteiger partial charge on any atom is -0.350 e. The van der Waals surface area contributed by atoms with Crippen LogP contribution in [0.3, 0.4) is 0 Å². The van der Waals surface area contributed by atoms with Crippen molar-refractivity contribution in [1.29, 1.82) is 0 Å². The van der Waals surface area contributed by atoms with Crippen LogP contribution in [0.1, 0.15) is 57.1 Å². The molecule has 3 N–H and O–H groups in total. The minimum absolute atomic E-state index is 0.0468. The van der Waals surface area contributed by atoms with Crippen LogP contribution < -0.4 is 16.0 Å². The van der Waals surface area contributed by atoms with Crippen LogP contribution in [0.25, 0.3) is 0 Å². The van der Waals surface area contributed by atoms with E-state index in [9.17, 15) is 9.59 Å². The van der Waals surface area contributed by atoms with Gasteiger partial charge in [0.15, 0.2) is 0 Å². The molecule has 0 unspecified atom stereocenters. The van der Waals surface area contributed by atoms with Crippen molar-refractivity contribution in [3.63, 3.8) is 0 Å². The SMILES string of the molecule is C[C@@H](NC(=O)C[C@H]1C=CCCC1)c1ccc(NC(=O)NC2CC2)cc1. The number of anilines is 1. The van der Waals surface area contributed by atoms with E-state index in [0.717, 1.165) is 36.9 Å². The zero-order valence-electron chi connectivity index (χ0n) is 14.8. The summed E-state index contributed by atoms with van der Waals surface area (Å²) in [5.74, 6) is 0.465. The molecule has 0 heterocycles. The summed E-state index contributed by atoms with van der Waals surface area (Å²) in [6, 6.07) is 7.76. The lowest BCUT2D eigenvalue weighted by atomic mass is 9.92. The number of rotatable bonds is 6. The summed E-state index contributed by atoms with van der Waals surface area (Å²) >= 11 is 0. The number of carbonyl (C=O) groups is 2. The Kier molecular flexibility index (Phi) is 5.74. The van der Waals surface area contributed by atoms with E-state index in [2.05, 4.69) is 28.1 Å². The van der Waals surface area contributed by atoms with Crippen LogP contribution in [0.2, 0.25) is 0 Å². The fourth-order valence-electron chi connectivity index (χ4n) is 3.11. The number of hydrogen-bond acceptors (Lipinski definition) is 2. The summed E-state index contributed by atoms with van der Waals surface area (Å²) in [4.78, 5) is 23.9. The molecular formula is C20H27N3O2. The van der Waals surface area contributed by atoms with E-state index in [1.807, 2.05) is 31.2 Å². The van der Waals surface area contributed by atoms with Crippen molar-refractivity contribution in [3.8, 4) is 0 Å². The molecule has 0 saturated heterocycles. The van der Waals surface area contributed by atoms with Crippen molar-refractivity contribution < 1.29 is 9.59 Å². The molecule has 1 saturated carbocycles. The zero-order valence-corrected chi connectivity index (χ0v) is 14.8. The Balaban J connectivity index is 1.46. The molecule has 2 atom stereocenters. The van der Waals surface area contributed by atoms with Gasteiger partial charge in [0.05, 0.1) is 6.04 Å². The summed E-state index contributed by atoms with van der Waals surface area (Å²) in [7, 11) is 0. The average Bonchev–Trinajstić information content (AvgIpc) is 3.40. The number of urea groups is 1. The summed E-state index contributed by atoms with van der Waals surface area (Å²) in [6.45, 7) is 1.98. The lowest BCUT2D eigenvalue weighted by Crippen LogP contribution is -2.30. The molecule has 1 aromatic rings. The van der Waals surface area contributed by atoms with Gasteiger partial charge in [-0.1, -0.05) is 24.3 Å². The molecule has 134 valence electrons. The van der Waals surface area contributed by atoms with Gasteiger partial charge in [0.1, 0.15) is 0 Å². The third kappa shape index (κ3) is 5.62. The van der Waals surface area contributed by atoms with Crippen LogP contribution in [0, 0.1) is 5.92 Å². The van der Waals surface area contributed by atoms with Crippen molar-refractivity contribution in [1.82, 2.24) is 10.6 Å². The smallest absolute Gasteiger partial charge is 0.319 e. The summed E-state index contributed by atoms with van der Waals surface area (Å²) < 4.78 is 0. The molecule has 0 radical (unpaired) electrons. The van der Waals surface area contributed by atoms with E-state index in [0.29, 0.717) is 18.4 Å². The van der Waals surface area contributed by atoms with Crippen LogP contribution in [0.15, 0.2) is 36.4 Å². The highest BCUT2D eigenvalue weighted by atomic mass is 16.2. The number of nitrogens with one attached hydrogen (secondary N) is 3. The molecule has 1 aromatic carbocycles. The standard InChI is InChI=1S/C20H27N3O2/c1-14(21-19(24)13-15-5-3-2-4-6-15)16-7-9-17(10-8-16)22-20(25)23-18-11-12-18/h3,5,7-10,14-15,18H,2,4,6,11-13H2,1H3,(H,21,24)(H2,22,23,25)/t14-,15+/m1/s1. The van der Waals surface area contributed by atoms with Crippen LogP contribution in [-0.4, -0.2) is 18.0 Å².